The number of carbonyl (C=O) groups excluding carboxylic acids is 1. The average Bonchev–Trinajstić information content (AvgIpc) is 3.03. The molecule has 20 heavy (non-hydrogen) atoms. The van der Waals surface area contributed by atoms with Crippen LogP contribution in [0.1, 0.15) is 15.4 Å². The van der Waals surface area contributed by atoms with Crippen molar-refractivity contribution in [2.24, 2.45) is 0 Å². The summed E-state index contributed by atoms with van der Waals surface area (Å²) in [5.41, 5.74) is 7.84. The number of fused-ring (bicyclic) bond motifs is 1. The lowest BCUT2D eigenvalue weighted by Crippen LogP contribution is -2.22. The minimum atomic E-state index is -0.134. The predicted octanol–water partition coefficient (Wildman–Crippen LogP) is 3.50. The zero-order valence-corrected chi connectivity index (χ0v) is 12.8. The molecule has 0 atom stereocenters. The maximum absolute atomic E-state index is 12.1. The van der Waals surface area contributed by atoms with E-state index >= 15 is 0 Å². The van der Waals surface area contributed by atoms with Crippen LogP contribution in [0.15, 0.2) is 40.2 Å². The van der Waals surface area contributed by atoms with Gasteiger partial charge in [-0.2, -0.15) is 0 Å². The molecule has 0 aliphatic heterocycles. The molecule has 6 heteroatoms. The molecule has 1 amide bonds. The SMILES string of the molecule is Nc1cccc2cc(C(=O)NCc3ccc(Br)s3)[nH]c12. The molecule has 4 N–H and O–H groups in total. The van der Waals surface area contributed by atoms with Crippen molar-refractivity contribution in [3.63, 3.8) is 0 Å². The van der Waals surface area contributed by atoms with E-state index in [1.54, 1.807) is 11.3 Å². The molecule has 0 saturated heterocycles. The van der Waals surface area contributed by atoms with Gasteiger partial charge in [0.1, 0.15) is 5.69 Å². The Labute approximate surface area is 128 Å². The van der Waals surface area contributed by atoms with Crippen LogP contribution in [-0.2, 0) is 6.54 Å². The molecule has 0 aliphatic rings. The van der Waals surface area contributed by atoms with E-state index in [0.29, 0.717) is 17.9 Å². The number of halogens is 1. The van der Waals surface area contributed by atoms with Crippen molar-refractivity contribution in [2.45, 2.75) is 6.54 Å². The monoisotopic (exact) mass is 349 g/mol. The first-order valence-electron chi connectivity index (χ1n) is 6.03. The second-order valence-electron chi connectivity index (χ2n) is 4.38. The van der Waals surface area contributed by atoms with Gasteiger partial charge in [0.25, 0.3) is 5.91 Å². The van der Waals surface area contributed by atoms with Crippen molar-refractivity contribution in [3.05, 3.63) is 50.8 Å². The van der Waals surface area contributed by atoms with Crippen LogP contribution in [0.2, 0.25) is 0 Å². The van der Waals surface area contributed by atoms with Gasteiger partial charge < -0.3 is 16.0 Å². The van der Waals surface area contributed by atoms with Crippen LogP contribution in [0.5, 0.6) is 0 Å². The van der Waals surface area contributed by atoms with Crippen molar-refractivity contribution >= 4 is 49.8 Å². The van der Waals surface area contributed by atoms with E-state index in [-0.39, 0.29) is 5.91 Å². The lowest BCUT2D eigenvalue weighted by molar-refractivity contribution is 0.0947. The van der Waals surface area contributed by atoms with E-state index in [4.69, 9.17) is 5.73 Å². The number of nitrogens with one attached hydrogen (secondary N) is 2. The Morgan fingerprint density at radius 3 is 2.90 bits per heavy atom. The number of benzene rings is 1. The molecule has 0 unspecified atom stereocenters. The summed E-state index contributed by atoms with van der Waals surface area (Å²) in [6.45, 7) is 0.514. The maximum Gasteiger partial charge on any atom is 0.268 e. The van der Waals surface area contributed by atoms with Crippen LogP contribution in [0, 0.1) is 0 Å². The highest BCUT2D eigenvalue weighted by molar-refractivity contribution is 9.11. The largest absolute Gasteiger partial charge is 0.397 e. The Morgan fingerprint density at radius 1 is 1.35 bits per heavy atom. The molecule has 0 fully saturated rings. The zero-order valence-electron chi connectivity index (χ0n) is 10.4. The number of amides is 1. The zero-order chi connectivity index (χ0) is 14.1. The summed E-state index contributed by atoms with van der Waals surface area (Å²) in [5.74, 6) is -0.134. The van der Waals surface area contributed by atoms with Gasteiger partial charge in [-0.3, -0.25) is 4.79 Å². The normalized spacial score (nSPS) is 10.8. The molecule has 0 bridgehead atoms. The second-order valence-corrected chi connectivity index (χ2v) is 6.93. The number of thiophene rings is 1. The summed E-state index contributed by atoms with van der Waals surface area (Å²) < 4.78 is 1.06. The number of hydrogen-bond donors (Lipinski definition) is 3. The Balaban J connectivity index is 1.77. The number of para-hydroxylation sites is 1. The van der Waals surface area contributed by atoms with E-state index in [1.807, 2.05) is 36.4 Å². The molecule has 0 radical (unpaired) electrons. The number of anilines is 1. The fraction of sp³-hybridized carbons (Fsp3) is 0.0714. The number of H-pyrrole nitrogens is 1. The number of nitrogen functional groups attached to an aromatic ring is 1. The van der Waals surface area contributed by atoms with Gasteiger partial charge in [-0.05, 0) is 40.2 Å². The van der Waals surface area contributed by atoms with Crippen LogP contribution in [0.3, 0.4) is 0 Å². The maximum atomic E-state index is 12.1. The fourth-order valence-electron chi connectivity index (χ4n) is 2.01. The number of rotatable bonds is 3. The highest BCUT2D eigenvalue weighted by Gasteiger charge is 2.10. The first-order valence-corrected chi connectivity index (χ1v) is 7.64. The Hall–Kier alpha value is -1.79. The van der Waals surface area contributed by atoms with Crippen molar-refractivity contribution in [1.29, 1.82) is 0 Å². The van der Waals surface area contributed by atoms with Crippen molar-refractivity contribution in [2.75, 3.05) is 5.73 Å². The third-order valence-corrected chi connectivity index (χ3v) is 4.61. The van der Waals surface area contributed by atoms with Gasteiger partial charge in [0.05, 0.1) is 21.5 Å². The summed E-state index contributed by atoms with van der Waals surface area (Å²) in [5, 5.41) is 3.83. The second kappa shape index (κ2) is 5.30. The van der Waals surface area contributed by atoms with Crippen LogP contribution in [-0.4, -0.2) is 10.9 Å². The van der Waals surface area contributed by atoms with Gasteiger partial charge in [0.15, 0.2) is 0 Å². The standard InChI is InChI=1S/C14H12BrN3OS/c15-12-5-4-9(20-12)7-17-14(19)11-6-8-2-1-3-10(16)13(8)18-11/h1-6,18H,7,16H2,(H,17,19). The van der Waals surface area contributed by atoms with Gasteiger partial charge in [0, 0.05) is 10.3 Å². The average molecular weight is 350 g/mol. The summed E-state index contributed by atoms with van der Waals surface area (Å²) in [6.07, 6.45) is 0. The van der Waals surface area contributed by atoms with Gasteiger partial charge >= 0.3 is 0 Å². The van der Waals surface area contributed by atoms with E-state index in [9.17, 15) is 4.79 Å². The lowest BCUT2D eigenvalue weighted by atomic mass is 10.2. The molecule has 3 rings (SSSR count). The topological polar surface area (TPSA) is 70.9 Å². The lowest BCUT2D eigenvalue weighted by Gasteiger charge is -2.01. The highest BCUT2D eigenvalue weighted by Crippen LogP contribution is 2.23. The number of aromatic amines is 1. The molecule has 4 nitrogen and oxygen atoms in total. The Bertz CT molecular complexity index is 778. The van der Waals surface area contributed by atoms with E-state index < -0.39 is 0 Å². The summed E-state index contributed by atoms with van der Waals surface area (Å²) in [4.78, 5) is 16.3. The first-order chi connectivity index (χ1) is 9.63. The van der Waals surface area contributed by atoms with Gasteiger partial charge in [-0.15, -0.1) is 11.3 Å². The third-order valence-electron chi connectivity index (χ3n) is 2.99. The van der Waals surface area contributed by atoms with E-state index in [0.717, 1.165) is 19.6 Å². The molecule has 0 aliphatic carbocycles. The smallest absolute Gasteiger partial charge is 0.268 e. The van der Waals surface area contributed by atoms with Crippen LogP contribution < -0.4 is 11.1 Å². The van der Waals surface area contributed by atoms with Gasteiger partial charge in [-0.25, -0.2) is 0 Å². The summed E-state index contributed by atoms with van der Waals surface area (Å²) >= 11 is 5.01. The molecule has 2 heterocycles. The Kier molecular flexibility index (Phi) is 3.50. The molecular formula is C14H12BrN3OS. The number of aromatic nitrogens is 1. The summed E-state index contributed by atoms with van der Waals surface area (Å²) in [7, 11) is 0. The quantitative estimate of drug-likeness (QED) is 0.633. The third kappa shape index (κ3) is 2.57. The number of nitrogens with two attached hydrogens (primary N) is 1. The fourth-order valence-corrected chi connectivity index (χ4v) is 3.43. The van der Waals surface area contributed by atoms with Gasteiger partial charge in [-0.1, -0.05) is 12.1 Å². The highest BCUT2D eigenvalue weighted by atomic mass is 79.9. The minimum absolute atomic E-state index is 0.134. The van der Waals surface area contributed by atoms with E-state index in [2.05, 4.69) is 26.2 Å². The number of carbonyl (C=O) groups is 1. The molecule has 1 aromatic carbocycles. The first kappa shape index (κ1) is 13.2. The predicted molar refractivity (Wildman–Crippen MR) is 85.9 cm³/mol. The molecule has 2 aromatic heterocycles. The van der Waals surface area contributed by atoms with Crippen LogP contribution >= 0.6 is 27.3 Å². The van der Waals surface area contributed by atoms with Crippen molar-refractivity contribution in [1.82, 2.24) is 10.3 Å². The molecule has 0 saturated carbocycles. The van der Waals surface area contributed by atoms with Crippen LogP contribution in [0.4, 0.5) is 5.69 Å². The van der Waals surface area contributed by atoms with Crippen molar-refractivity contribution < 1.29 is 4.79 Å². The summed E-state index contributed by atoms with van der Waals surface area (Å²) in [6, 6.07) is 11.4. The van der Waals surface area contributed by atoms with Crippen LogP contribution in [0.25, 0.3) is 10.9 Å². The van der Waals surface area contributed by atoms with Gasteiger partial charge in [0.2, 0.25) is 0 Å². The van der Waals surface area contributed by atoms with E-state index in [1.165, 1.54) is 0 Å². The minimum Gasteiger partial charge on any atom is -0.397 e. The molecule has 3 aromatic rings. The molecule has 102 valence electrons. The molecule has 0 spiro atoms. The molecular weight excluding hydrogens is 338 g/mol. The number of hydrogen-bond acceptors (Lipinski definition) is 3. The Morgan fingerprint density at radius 2 is 2.20 bits per heavy atom. The van der Waals surface area contributed by atoms with Crippen molar-refractivity contribution in [3.8, 4) is 0 Å².